The molecule has 0 amide bonds. The Balaban J connectivity index is 2.11. The second-order valence-electron chi connectivity index (χ2n) is 5.82. The first kappa shape index (κ1) is 16.7. The number of ether oxygens (including phenoxy) is 1. The van der Waals surface area contributed by atoms with Crippen LogP contribution in [0, 0.1) is 0 Å². The van der Waals surface area contributed by atoms with Crippen LogP contribution < -0.4 is 10.2 Å². The third-order valence-corrected chi connectivity index (χ3v) is 5.51. The summed E-state index contributed by atoms with van der Waals surface area (Å²) in [7, 11) is 1.82. The lowest BCUT2D eigenvalue weighted by atomic mass is 10.0. The maximum Gasteiger partial charge on any atom is 0.185 e. The molecule has 2 heterocycles. The van der Waals surface area contributed by atoms with E-state index in [1.807, 2.05) is 18.4 Å². The fourth-order valence-electron chi connectivity index (χ4n) is 2.71. The van der Waals surface area contributed by atoms with Crippen molar-refractivity contribution in [1.82, 2.24) is 10.3 Å². The van der Waals surface area contributed by atoms with Crippen molar-refractivity contribution in [3.8, 4) is 0 Å². The van der Waals surface area contributed by atoms with E-state index in [4.69, 9.17) is 9.72 Å². The first-order chi connectivity index (χ1) is 10.2. The van der Waals surface area contributed by atoms with Crippen molar-refractivity contribution in [2.45, 2.75) is 58.6 Å². The van der Waals surface area contributed by atoms with E-state index in [9.17, 15) is 0 Å². The molecule has 1 unspecified atom stereocenters. The number of piperidine rings is 1. The molecule has 1 atom stereocenters. The van der Waals surface area contributed by atoms with Crippen molar-refractivity contribution < 1.29 is 4.74 Å². The molecule has 2 rings (SSSR count). The summed E-state index contributed by atoms with van der Waals surface area (Å²) in [6.45, 7) is 10.8. The summed E-state index contributed by atoms with van der Waals surface area (Å²) in [5.74, 6) is 0.542. The van der Waals surface area contributed by atoms with E-state index in [1.54, 1.807) is 0 Å². The Labute approximate surface area is 132 Å². The second kappa shape index (κ2) is 8.11. The summed E-state index contributed by atoms with van der Waals surface area (Å²) in [4.78, 5) is 8.82. The van der Waals surface area contributed by atoms with Crippen LogP contribution in [0.2, 0.25) is 0 Å². The first-order valence-corrected chi connectivity index (χ1v) is 8.99. The summed E-state index contributed by atoms with van der Waals surface area (Å²) in [5.41, 5.74) is 1.30. The summed E-state index contributed by atoms with van der Waals surface area (Å²) in [5, 5.41) is 4.65. The Hall–Kier alpha value is -0.650. The Kier molecular flexibility index (Phi) is 6.45. The molecule has 1 aromatic heterocycles. The van der Waals surface area contributed by atoms with Crippen molar-refractivity contribution >= 4 is 16.5 Å². The molecule has 4 nitrogen and oxygen atoms in total. The number of hydrogen-bond acceptors (Lipinski definition) is 5. The molecule has 0 radical (unpaired) electrons. The standard InChI is InChI=1S/C16H29N3OS/c1-5-12(3)15-14(11-17-6-2)21-16(18-15)19-9-7-13(20-4)8-10-19/h12-13,17H,5-11H2,1-4H3. The van der Waals surface area contributed by atoms with Crippen molar-refractivity contribution in [2.75, 3.05) is 31.6 Å². The molecule has 1 N–H and O–H groups in total. The maximum atomic E-state index is 5.46. The van der Waals surface area contributed by atoms with Gasteiger partial charge in [-0.05, 0) is 31.7 Å². The van der Waals surface area contributed by atoms with Gasteiger partial charge in [0.05, 0.1) is 11.8 Å². The van der Waals surface area contributed by atoms with Gasteiger partial charge in [0.15, 0.2) is 5.13 Å². The van der Waals surface area contributed by atoms with Crippen LogP contribution in [-0.4, -0.2) is 37.8 Å². The highest BCUT2D eigenvalue weighted by Gasteiger charge is 2.23. The molecular formula is C16H29N3OS. The number of rotatable bonds is 7. The van der Waals surface area contributed by atoms with Crippen LogP contribution >= 0.6 is 11.3 Å². The number of thiazole rings is 1. The Bertz CT molecular complexity index is 427. The van der Waals surface area contributed by atoms with Crippen molar-refractivity contribution in [2.24, 2.45) is 0 Å². The van der Waals surface area contributed by atoms with Crippen molar-refractivity contribution in [3.63, 3.8) is 0 Å². The smallest absolute Gasteiger partial charge is 0.185 e. The predicted octanol–water partition coefficient (Wildman–Crippen LogP) is 3.38. The quantitative estimate of drug-likeness (QED) is 0.837. The maximum absolute atomic E-state index is 5.46. The highest BCUT2D eigenvalue weighted by molar-refractivity contribution is 7.15. The highest BCUT2D eigenvalue weighted by Crippen LogP contribution is 2.33. The monoisotopic (exact) mass is 311 g/mol. The van der Waals surface area contributed by atoms with Crippen molar-refractivity contribution in [1.29, 1.82) is 0 Å². The predicted molar refractivity (Wildman–Crippen MR) is 90.4 cm³/mol. The Morgan fingerprint density at radius 2 is 2.10 bits per heavy atom. The fraction of sp³-hybridized carbons (Fsp3) is 0.812. The minimum Gasteiger partial charge on any atom is -0.381 e. The number of nitrogens with one attached hydrogen (secondary N) is 1. The SMILES string of the molecule is CCNCc1sc(N2CCC(OC)CC2)nc1C(C)CC. The third kappa shape index (κ3) is 4.18. The minimum atomic E-state index is 0.427. The fourth-order valence-corrected chi connectivity index (χ4v) is 3.91. The normalized spacial score (nSPS) is 18.2. The van der Waals surface area contributed by atoms with Crippen LogP contribution in [0.5, 0.6) is 0 Å². The molecule has 120 valence electrons. The van der Waals surface area contributed by atoms with E-state index in [0.717, 1.165) is 45.4 Å². The number of methoxy groups -OCH3 is 1. The minimum absolute atomic E-state index is 0.427. The van der Waals surface area contributed by atoms with Gasteiger partial charge in [-0.25, -0.2) is 4.98 Å². The molecule has 1 fully saturated rings. The summed E-state index contributed by atoms with van der Waals surface area (Å²) < 4.78 is 5.46. The lowest BCUT2D eigenvalue weighted by Crippen LogP contribution is -2.36. The second-order valence-corrected chi connectivity index (χ2v) is 6.88. The topological polar surface area (TPSA) is 37.4 Å². The zero-order chi connectivity index (χ0) is 15.2. The molecule has 0 spiro atoms. The summed E-state index contributed by atoms with van der Waals surface area (Å²) in [6, 6.07) is 0. The van der Waals surface area contributed by atoms with Gasteiger partial charge < -0.3 is 15.0 Å². The van der Waals surface area contributed by atoms with E-state index in [0.29, 0.717) is 12.0 Å². The Morgan fingerprint density at radius 1 is 1.38 bits per heavy atom. The molecule has 1 aliphatic heterocycles. The average molecular weight is 311 g/mol. The molecule has 0 bridgehead atoms. The Morgan fingerprint density at radius 3 is 2.67 bits per heavy atom. The van der Waals surface area contributed by atoms with Gasteiger partial charge in [-0.1, -0.05) is 20.8 Å². The molecule has 1 aliphatic rings. The van der Waals surface area contributed by atoms with Crippen LogP contribution in [0.15, 0.2) is 0 Å². The van der Waals surface area contributed by atoms with E-state index >= 15 is 0 Å². The third-order valence-electron chi connectivity index (χ3n) is 4.38. The largest absolute Gasteiger partial charge is 0.381 e. The van der Waals surface area contributed by atoms with Gasteiger partial charge in [0.25, 0.3) is 0 Å². The van der Waals surface area contributed by atoms with E-state index < -0.39 is 0 Å². The molecule has 5 heteroatoms. The molecule has 0 saturated carbocycles. The average Bonchev–Trinajstić information content (AvgIpc) is 2.96. The van der Waals surface area contributed by atoms with E-state index in [-0.39, 0.29) is 0 Å². The van der Waals surface area contributed by atoms with E-state index in [2.05, 4.69) is 31.0 Å². The number of anilines is 1. The van der Waals surface area contributed by atoms with Crippen LogP contribution in [0.4, 0.5) is 5.13 Å². The molecular weight excluding hydrogens is 282 g/mol. The zero-order valence-electron chi connectivity index (χ0n) is 13.8. The van der Waals surface area contributed by atoms with Gasteiger partial charge in [-0.3, -0.25) is 0 Å². The lowest BCUT2D eigenvalue weighted by Gasteiger charge is -2.30. The van der Waals surface area contributed by atoms with Crippen LogP contribution in [0.25, 0.3) is 0 Å². The van der Waals surface area contributed by atoms with Crippen LogP contribution in [-0.2, 0) is 11.3 Å². The van der Waals surface area contributed by atoms with Crippen molar-refractivity contribution in [3.05, 3.63) is 10.6 Å². The molecule has 1 saturated heterocycles. The number of nitrogens with zero attached hydrogens (tertiary/aromatic N) is 2. The molecule has 21 heavy (non-hydrogen) atoms. The highest BCUT2D eigenvalue weighted by atomic mass is 32.1. The van der Waals surface area contributed by atoms with Gasteiger partial charge in [0.2, 0.25) is 0 Å². The van der Waals surface area contributed by atoms with Gasteiger partial charge >= 0.3 is 0 Å². The van der Waals surface area contributed by atoms with Gasteiger partial charge in [-0.15, -0.1) is 11.3 Å². The van der Waals surface area contributed by atoms with Gasteiger partial charge in [0.1, 0.15) is 0 Å². The summed E-state index contributed by atoms with van der Waals surface area (Å²) >= 11 is 1.87. The molecule has 0 aliphatic carbocycles. The van der Waals surface area contributed by atoms with Crippen LogP contribution in [0.3, 0.4) is 0 Å². The molecule has 1 aromatic rings. The molecule has 0 aromatic carbocycles. The summed E-state index contributed by atoms with van der Waals surface area (Å²) in [6.07, 6.45) is 3.79. The number of aromatic nitrogens is 1. The van der Waals surface area contributed by atoms with Gasteiger partial charge in [-0.2, -0.15) is 0 Å². The zero-order valence-corrected chi connectivity index (χ0v) is 14.6. The lowest BCUT2D eigenvalue weighted by molar-refractivity contribution is 0.0819. The number of hydrogen-bond donors (Lipinski definition) is 1. The van der Waals surface area contributed by atoms with Crippen LogP contribution in [0.1, 0.15) is 56.5 Å². The van der Waals surface area contributed by atoms with Gasteiger partial charge in [0, 0.05) is 31.6 Å². The first-order valence-electron chi connectivity index (χ1n) is 8.17. The van der Waals surface area contributed by atoms with E-state index in [1.165, 1.54) is 15.7 Å².